The molecule has 0 aliphatic rings. The molecule has 0 aliphatic heterocycles. The first kappa shape index (κ1) is 23.1. The zero-order valence-electron chi connectivity index (χ0n) is 18.2. The fourth-order valence-electron chi connectivity index (χ4n) is 3.47. The Kier molecular flexibility index (Phi) is 6.38. The SMILES string of the molecule is CS(=O)(=O)CCNc1ccc(-c2nn(Cc3ccc(C#N)cc3)c(=O)c3ccccc23)c(F)n1. The number of hydrogen-bond acceptors (Lipinski definition) is 7. The molecule has 0 radical (unpaired) electrons. The zero-order chi connectivity index (χ0) is 24.3. The Morgan fingerprint density at radius 1 is 1.06 bits per heavy atom. The first-order valence-electron chi connectivity index (χ1n) is 10.3. The van der Waals surface area contributed by atoms with Crippen LogP contribution in [0.1, 0.15) is 11.1 Å². The van der Waals surface area contributed by atoms with Crippen molar-refractivity contribution in [3.63, 3.8) is 0 Å². The summed E-state index contributed by atoms with van der Waals surface area (Å²) < 4.78 is 38.9. The molecule has 0 atom stereocenters. The van der Waals surface area contributed by atoms with Crippen molar-refractivity contribution < 1.29 is 12.8 Å². The Balaban J connectivity index is 1.74. The van der Waals surface area contributed by atoms with Crippen molar-refractivity contribution in [2.24, 2.45) is 0 Å². The molecule has 10 heteroatoms. The molecule has 0 spiro atoms. The number of fused-ring (bicyclic) bond motifs is 1. The van der Waals surface area contributed by atoms with Crippen LogP contribution in [0.2, 0.25) is 0 Å². The lowest BCUT2D eigenvalue weighted by molar-refractivity contribution is 0.585. The topological polar surface area (TPSA) is 118 Å². The van der Waals surface area contributed by atoms with Crippen LogP contribution in [-0.2, 0) is 16.4 Å². The normalized spacial score (nSPS) is 11.3. The van der Waals surface area contributed by atoms with Crippen LogP contribution in [0.4, 0.5) is 10.2 Å². The van der Waals surface area contributed by atoms with Gasteiger partial charge in [-0.2, -0.15) is 14.8 Å². The summed E-state index contributed by atoms with van der Waals surface area (Å²) in [6.45, 7) is 0.240. The lowest BCUT2D eigenvalue weighted by Crippen LogP contribution is -2.24. The maximum Gasteiger partial charge on any atom is 0.274 e. The van der Waals surface area contributed by atoms with Crippen molar-refractivity contribution in [3.8, 4) is 17.3 Å². The minimum atomic E-state index is -3.16. The highest BCUT2D eigenvalue weighted by molar-refractivity contribution is 7.90. The van der Waals surface area contributed by atoms with Gasteiger partial charge in [-0.3, -0.25) is 4.79 Å². The monoisotopic (exact) mass is 477 g/mol. The van der Waals surface area contributed by atoms with Gasteiger partial charge in [-0.25, -0.2) is 18.1 Å². The molecule has 0 aliphatic carbocycles. The van der Waals surface area contributed by atoms with Gasteiger partial charge in [-0.1, -0.05) is 30.3 Å². The second-order valence-corrected chi connectivity index (χ2v) is 10.0. The highest BCUT2D eigenvalue weighted by Crippen LogP contribution is 2.27. The van der Waals surface area contributed by atoms with E-state index in [2.05, 4.69) is 15.4 Å². The molecule has 34 heavy (non-hydrogen) atoms. The third-order valence-electron chi connectivity index (χ3n) is 5.17. The van der Waals surface area contributed by atoms with Crippen molar-refractivity contribution in [2.75, 3.05) is 23.9 Å². The first-order valence-corrected chi connectivity index (χ1v) is 12.4. The predicted molar refractivity (Wildman–Crippen MR) is 128 cm³/mol. The van der Waals surface area contributed by atoms with Crippen LogP contribution in [0, 0.1) is 17.3 Å². The summed E-state index contributed by atoms with van der Waals surface area (Å²) in [4.78, 5) is 17.0. The molecular weight excluding hydrogens is 457 g/mol. The van der Waals surface area contributed by atoms with Crippen LogP contribution in [-0.4, -0.2) is 41.7 Å². The number of nitrogens with zero attached hydrogens (tertiary/aromatic N) is 4. The fraction of sp³-hybridized carbons (Fsp3) is 0.167. The van der Waals surface area contributed by atoms with Crippen molar-refractivity contribution >= 4 is 26.4 Å². The van der Waals surface area contributed by atoms with Gasteiger partial charge in [-0.05, 0) is 35.9 Å². The van der Waals surface area contributed by atoms with Crippen molar-refractivity contribution in [2.45, 2.75) is 6.54 Å². The molecule has 8 nitrogen and oxygen atoms in total. The van der Waals surface area contributed by atoms with Crippen molar-refractivity contribution in [1.82, 2.24) is 14.8 Å². The van der Waals surface area contributed by atoms with Crippen LogP contribution in [0.3, 0.4) is 0 Å². The Hall–Kier alpha value is -4.10. The van der Waals surface area contributed by atoms with Gasteiger partial charge < -0.3 is 5.32 Å². The van der Waals surface area contributed by atoms with Gasteiger partial charge in [0.2, 0.25) is 5.95 Å². The number of pyridine rings is 1. The Bertz CT molecular complexity index is 1580. The summed E-state index contributed by atoms with van der Waals surface area (Å²) in [5.74, 6) is -0.712. The van der Waals surface area contributed by atoms with Gasteiger partial charge in [0, 0.05) is 18.2 Å². The molecule has 1 N–H and O–H groups in total. The number of aromatic nitrogens is 3. The van der Waals surface area contributed by atoms with E-state index in [1.165, 1.54) is 16.8 Å². The highest BCUT2D eigenvalue weighted by atomic mass is 32.2. The number of nitriles is 1. The van der Waals surface area contributed by atoms with Gasteiger partial charge >= 0.3 is 0 Å². The Morgan fingerprint density at radius 3 is 2.41 bits per heavy atom. The molecule has 4 rings (SSSR count). The second kappa shape index (κ2) is 9.41. The maximum absolute atomic E-state index is 15.0. The number of rotatable bonds is 7. The van der Waals surface area contributed by atoms with Gasteiger partial charge in [0.05, 0.1) is 34.9 Å². The van der Waals surface area contributed by atoms with E-state index in [1.807, 2.05) is 6.07 Å². The summed E-state index contributed by atoms with van der Waals surface area (Å²) in [7, 11) is -3.16. The van der Waals surface area contributed by atoms with E-state index in [4.69, 9.17) is 5.26 Å². The van der Waals surface area contributed by atoms with Crippen LogP contribution in [0.15, 0.2) is 65.5 Å². The summed E-state index contributed by atoms with van der Waals surface area (Å²) in [5.41, 5.74) is 1.31. The molecule has 0 bridgehead atoms. The number of hydrogen-bond donors (Lipinski definition) is 1. The molecule has 0 saturated carbocycles. The Labute approximate surface area is 195 Å². The molecule has 0 fully saturated rings. The van der Waals surface area contributed by atoms with E-state index in [1.54, 1.807) is 48.5 Å². The molecule has 0 amide bonds. The van der Waals surface area contributed by atoms with Gasteiger partial charge in [0.1, 0.15) is 21.3 Å². The number of sulfone groups is 1. The van der Waals surface area contributed by atoms with Crippen LogP contribution in [0.5, 0.6) is 0 Å². The lowest BCUT2D eigenvalue weighted by atomic mass is 10.1. The van der Waals surface area contributed by atoms with E-state index in [0.29, 0.717) is 16.3 Å². The minimum Gasteiger partial charge on any atom is -0.369 e. The summed E-state index contributed by atoms with van der Waals surface area (Å²) in [6, 6.07) is 18.7. The van der Waals surface area contributed by atoms with Gasteiger partial charge in [0.25, 0.3) is 5.56 Å². The van der Waals surface area contributed by atoms with E-state index in [0.717, 1.165) is 11.8 Å². The third kappa shape index (κ3) is 5.10. The van der Waals surface area contributed by atoms with E-state index in [9.17, 15) is 13.2 Å². The van der Waals surface area contributed by atoms with E-state index >= 15 is 4.39 Å². The summed E-state index contributed by atoms with van der Waals surface area (Å²) in [6.07, 6.45) is 1.12. The molecule has 172 valence electrons. The zero-order valence-corrected chi connectivity index (χ0v) is 19.0. The predicted octanol–water partition coefficient (Wildman–Crippen LogP) is 2.97. The van der Waals surface area contributed by atoms with Crippen molar-refractivity contribution in [1.29, 1.82) is 5.26 Å². The molecular formula is C24H20FN5O3S. The standard InChI is InChI=1S/C24H20FN5O3S/c1-34(32,33)13-12-27-21-11-10-20(23(25)28-21)22-18-4-2-3-5-19(18)24(31)30(29-22)15-17-8-6-16(14-26)7-9-17/h2-11H,12-13,15H2,1H3,(H,27,28). The van der Waals surface area contributed by atoms with Gasteiger partial charge in [-0.15, -0.1) is 0 Å². The van der Waals surface area contributed by atoms with E-state index in [-0.39, 0.29) is 41.5 Å². The largest absolute Gasteiger partial charge is 0.369 e. The molecule has 2 aromatic heterocycles. The molecule has 4 aromatic rings. The fourth-order valence-corrected chi connectivity index (χ4v) is 3.95. The van der Waals surface area contributed by atoms with E-state index < -0.39 is 15.8 Å². The summed E-state index contributed by atoms with van der Waals surface area (Å²) in [5, 5.41) is 17.1. The average Bonchev–Trinajstić information content (AvgIpc) is 2.81. The maximum atomic E-state index is 15.0. The first-order chi connectivity index (χ1) is 16.2. The molecule has 2 aromatic carbocycles. The minimum absolute atomic E-state index is 0.0985. The number of anilines is 1. The quantitative estimate of drug-likeness (QED) is 0.407. The highest BCUT2D eigenvalue weighted by Gasteiger charge is 2.17. The molecule has 0 unspecified atom stereocenters. The molecule has 0 saturated heterocycles. The number of benzene rings is 2. The summed E-state index contributed by atoms with van der Waals surface area (Å²) >= 11 is 0. The molecule has 2 heterocycles. The second-order valence-electron chi connectivity index (χ2n) is 7.76. The smallest absolute Gasteiger partial charge is 0.274 e. The van der Waals surface area contributed by atoms with Crippen molar-refractivity contribution in [3.05, 3.63) is 88.1 Å². The van der Waals surface area contributed by atoms with Crippen LogP contribution in [0.25, 0.3) is 22.0 Å². The lowest BCUT2D eigenvalue weighted by Gasteiger charge is -2.13. The van der Waals surface area contributed by atoms with Crippen LogP contribution < -0.4 is 10.9 Å². The number of halogens is 1. The van der Waals surface area contributed by atoms with Gasteiger partial charge in [0.15, 0.2) is 0 Å². The average molecular weight is 478 g/mol. The van der Waals surface area contributed by atoms with Crippen LogP contribution >= 0.6 is 0 Å². The third-order valence-corrected chi connectivity index (χ3v) is 6.11. The number of nitrogens with one attached hydrogen (secondary N) is 1. The Morgan fingerprint density at radius 2 is 1.76 bits per heavy atom.